The lowest BCUT2D eigenvalue weighted by atomic mass is 9.54. The van der Waals surface area contributed by atoms with Crippen LogP contribution in [-0.2, 0) is 16.0 Å². The van der Waals surface area contributed by atoms with Crippen LogP contribution in [0.2, 0.25) is 0 Å². The maximum Gasteiger partial charge on any atom is 0.302 e. The Bertz CT molecular complexity index is 670. The average Bonchev–Trinajstić information content (AvgIpc) is 2.81. The molecule has 0 saturated heterocycles. The van der Waals surface area contributed by atoms with E-state index in [4.69, 9.17) is 4.74 Å². The zero-order valence-electron chi connectivity index (χ0n) is 14.4. The van der Waals surface area contributed by atoms with Gasteiger partial charge in [-0.1, -0.05) is 13.0 Å². The lowest BCUT2D eigenvalue weighted by molar-refractivity contribution is -0.159. The third-order valence-corrected chi connectivity index (χ3v) is 6.93. The molecule has 4 nitrogen and oxygen atoms in total. The average molecular weight is 330 g/mol. The highest BCUT2D eigenvalue weighted by molar-refractivity contribution is 5.66. The van der Waals surface area contributed by atoms with Crippen molar-refractivity contribution in [3.05, 3.63) is 29.3 Å². The van der Waals surface area contributed by atoms with Gasteiger partial charge >= 0.3 is 5.97 Å². The van der Waals surface area contributed by atoms with E-state index in [1.54, 1.807) is 6.07 Å². The molecule has 130 valence electrons. The van der Waals surface area contributed by atoms with Gasteiger partial charge < -0.3 is 14.9 Å². The Balaban J connectivity index is 1.78. The molecule has 0 amide bonds. The summed E-state index contributed by atoms with van der Waals surface area (Å²) >= 11 is 0. The lowest BCUT2D eigenvalue weighted by Crippen LogP contribution is -2.51. The van der Waals surface area contributed by atoms with Crippen molar-refractivity contribution >= 4 is 5.97 Å². The number of phenols is 1. The first kappa shape index (κ1) is 15.9. The van der Waals surface area contributed by atoms with Gasteiger partial charge in [0.05, 0.1) is 6.10 Å². The van der Waals surface area contributed by atoms with Crippen LogP contribution in [0.5, 0.6) is 5.75 Å². The van der Waals surface area contributed by atoms with Crippen molar-refractivity contribution in [1.29, 1.82) is 0 Å². The molecule has 0 bridgehead atoms. The number of fused-ring (bicyclic) bond motifs is 5. The second-order valence-electron chi connectivity index (χ2n) is 8.17. The van der Waals surface area contributed by atoms with E-state index >= 15 is 0 Å². The molecule has 4 rings (SSSR count). The Labute approximate surface area is 142 Å². The van der Waals surface area contributed by atoms with Gasteiger partial charge in [-0.05, 0) is 67.2 Å². The number of aromatic hydroxyl groups is 1. The fourth-order valence-electron chi connectivity index (χ4n) is 5.92. The van der Waals surface area contributed by atoms with Crippen LogP contribution in [0.25, 0.3) is 0 Å². The Kier molecular flexibility index (Phi) is 3.64. The van der Waals surface area contributed by atoms with Gasteiger partial charge in [0.25, 0.3) is 0 Å². The summed E-state index contributed by atoms with van der Waals surface area (Å²) in [4.78, 5) is 11.7. The highest BCUT2D eigenvalue weighted by Gasteiger charge is 2.58. The fraction of sp³-hybridized carbons (Fsp3) is 0.650. The molecule has 24 heavy (non-hydrogen) atoms. The molecule has 0 spiro atoms. The molecule has 2 fully saturated rings. The van der Waals surface area contributed by atoms with Gasteiger partial charge in [-0.2, -0.15) is 0 Å². The zero-order chi connectivity index (χ0) is 17.1. The maximum absolute atomic E-state index is 11.7. The number of ether oxygens (including phenoxy) is 1. The predicted octanol–water partition coefficient (Wildman–Crippen LogP) is 3.15. The molecule has 0 heterocycles. The quantitative estimate of drug-likeness (QED) is 0.776. The van der Waals surface area contributed by atoms with E-state index in [1.165, 1.54) is 18.1 Å². The van der Waals surface area contributed by atoms with Crippen molar-refractivity contribution in [2.24, 2.45) is 17.3 Å². The molecule has 1 aromatic rings. The summed E-state index contributed by atoms with van der Waals surface area (Å²) in [7, 11) is 0. The molecule has 3 aliphatic carbocycles. The Morgan fingerprint density at radius 2 is 2.08 bits per heavy atom. The number of carbonyl (C=O) groups excluding carboxylic acids is 1. The number of benzene rings is 1. The van der Waals surface area contributed by atoms with Crippen molar-refractivity contribution in [3.63, 3.8) is 0 Å². The minimum absolute atomic E-state index is 0.157. The number of aliphatic hydroxyl groups is 1. The molecule has 3 aliphatic rings. The summed E-state index contributed by atoms with van der Waals surface area (Å²) in [6.45, 7) is 3.64. The Morgan fingerprint density at radius 3 is 2.83 bits per heavy atom. The first-order valence-electron chi connectivity index (χ1n) is 9.07. The smallest absolute Gasteiger partial charge is 0.302 e. The van der Waals surface area contributed by atoms with Gasteiger partial charge in [-0.3, -0.25) is 4.79 Å². The van der Waals surface area contributed by atoms with E-state index < -0.39 is 0 Å². The van der Waals surface area contributed by atoms with E-state index in [0.717, 1.165) is 32.1 Å². The van der Waals surface area contributed by atoms with Crippen LogP contribution in [0.1, 0.15) is 56.6 Å². The highest BCUT2D eigenvalue weighted by Crippen LogP contribution is 2.61. The maximum atomic E-state index is 11.7. The fourth-order valence-corrected chi connectivity index (χ4v) is 5.92. The first-order chi connectivity index (χ1) is 11.4. The van der Waals surface area contributed by atoms with Crippen molar-refractivity contribution in [2.75, 3.05) is 0 Å². The van der Waals surface area contributed by atoms with Crippen LogP contribution in [0, 0.1) is 17.3 Å². The molecule has 2 N–H and O–H groups in total. The SMILES string of the molecule is CC(=O)O[C@H]1C[C@]2(C)[C@@H](O)CC[C@H]2[C@@H]2CCc3cc(O)ccc3[C@H]21. The normalized spacial score (nSPS) is 40.4. The van der Waals surface area contributed by atoms with Gasteiger partial charge in [0.2, 0.25) is 0 Å². The monoisotopic (exact) mass is 330 g/mol. The molecule has 2 saturated carbocycles. The van der Waals surface area contributed by atoms with Crippen molar-refractivity contribution < 1.29 is 19.7 Å². The van der Waals surface area contributed by atoms with E-state index in [9.17, 15) is 15.0 Å². The third-order valence-electron chi connectivity index (χ3n) is 6.93. The van der Waals surface area contributed by atoms with E-state index in [-0.39, 0.29) is 29.5 Å². The van der Waals surface area contributed by atoms with Crippen LogP contribution in [0.4, 0.5) is 0 Å². The van der Waals surface area contributed by atoms with Crippen LogP contribution >= 0.6 is 0 Å². The predicted molar refractivity (Wildman–Crippen MR) is 89.7 cm³/mol. The second-order valence-corrected chi connectivity index (χ2v) is 8.17. The van der Waals surface area contributed by atoms with Crippen molar-refractivity contribution in [3.8, 4) is 5.75 Å². The number of esters is 1. The summed E-state index contributed by atoms with van der Waals surface area (Å²) in [5.41, 5.74) is 2.24. The van der Waals surface area contributed by atoms with Crippen LogP contribution in [0.15, 0.2) is 18.2 Å². The molecule has 0 unspecified atom stereocenters. The summed E-state index contributed by atoms with van der Waals surface area (Å²) in [5.74, 6) is 1.14. The van der Waals surface area contributed by atoms with Gasteiger partial charge in [-0.15, -0.1) is 0 Å². The minimum atomic E-state index is -0.303. The van der Waals surface area contributed by atoms with E-state index in [1.807, 2.05) is 12.1 Å². The molecule has 0 radical (unpaired) electrons. The largest absolute Gasteiger partial charge is 0.508 e. The van der Waals surface area contributed by atoms with Gasteiger partial charge in [0.15, 0.2) is 0 Å². The third kappa shape index (κ3) is 2.26. The van der Waals surface area contributed by atoms with Crippen molar-refractivity contribution in [2.45, 2.75) is 64.1 Å². The first-order valence-corrected chi connectivity index (χ1v) is 9.07. The molecule has 0 aromatic heterocycles. The number of hydrogen-bond acceptors (Lipinski definition) is 4. The second kappa shape index (κ2) is 5.48. The van der Waals surface area contributed by atoms with Crippen LogP contribution < -0.4 is 0 Å². The van der Waals surface area contributed by atoms with Gasteiger partial charge in [0, 0.05) is 18.3 Å². The number of aryl methyl sites for hydroxylation is 1. The number of aliphatic hydroxyl groups excluding tert-OH is 1. The number of phenolic OH excluding ortho intramolecular Hbond substituents is 1. The molecule has 4 heteroatoms. The van der Waals surface area contributed by atoms with E-state index in [0.29, 0.717) is 17.6 Å². The topological polar surface area (TPSA) is 66.8 Å². The standard InChI is InChI=1S/C20H26O4/c1-11(21)24-17-10-20(2)16(7-8-18(20)23)15-5-3-12-9-13(22)4-6-14(12)19(15)17/h4,6,9,15-19,22-23H,3,5,7-8,10H2,1-2H3/t15-,16-,17-,18-,19+,20-/m0/s1. The van der Waals surface area contributed by atoms with Crippen molar-refractivity contribution in [1.82, 2.24) is 0 Å². The zero-order valence-corrected chi connectivity index (χ0v) is 14.4. The van der Waals surface area contributed by atoms with Crippen LogP contribution in [-0.4, -0.2) is 28.4 Å². The lowest BCUT2D eigenvalue weighted by Gasteiger charge is -2.53. The summed E-state index contributed by atoms with van der Waals surface area (Å²) in [5, 5.41) is 20.4. The van der Waals surface area contributed by atoms with E-state index in [2.05, 4.69) is 6.92 Å². The molecular weight excluding hydrogens is 304 g/mol. The molecule has 1 aromatic carbocycles. The minimum Gasteiger partial charge on any atom is -0.508 e. The van der Waals surface area contributed by atoms with Gasteiger partial charge in [-0.25, -0.2) is 0 Å². The summed E-state index contributed by atoms with van der Waals surface area (Å²) in [6.07, 6.45) is 4.11. The number of rotatable bonds is 1. The molecule has 0 aliphatic heterocycles. The molecule has 6 atom stereocenters. The Morgan fingerprint density at radius 1 is 1.29 bits per heavy atom. The summed E-state index contributed by atoms with van der Waals surface area (Å²) in [6, 6.07) is 5.60. The van der Waals surface area contributed by atoms with Gasteiger partial charge in [0.1, 0.15) is 11.9 Å². The Hall–Kier alpha value is -1.55. The number of hydrogen-bond donors (Lipinski definition) is 2. The number of carbonyl (C=O) groups is 1. The highest BCUT2D eigenvalue weighted by atomic mass is 16.5. The van der Waals surface area contributed by atoms with Crippen LogP contribution in [0.3, 0.4) is 0 Å². The summed E-state index contributed by atoms with van der Waals surface area (Å²) < 4.78 is 5.76. The molecular formula is C20H26O4.